The summed E-state index contributed by atoms with van der Waals surface area (Å²) in [5.41, 5.74) is 8.03. The fourth-order valence-corrected chi connectivity index (χ4v) is 3.00. The summed E-state index contributed by atoms with van der Waals surface area (Å²) in [6, 6.07) is 12.5. The minimum absolute atomic E-state index is 0.853. The Balaban J connectivity index is 2.17. The van der Waals surface area contributed by atoms with Crippen LogP contribution in [-0.4, -0.2) is 6.54 Å². The van der Waals surface area contributed by atoms with Crippen LogP contribution in [0.2, 0.25) is 0 Å². The van der Waals surface area contributed by atoms with E-state index < -0.39 is 0 Å². The van der Waals surface area contributed by atoms with Crippen LogP contribution in [0.3, 0.4) is 0 Å². The van der Waals surface area contributed by atoms with Crippen molar-refractivity contribution in [1.82, 2.24) is 0 Å². The molecular weight excluding hydrogens is 240 g/mol. The number of aryl methyl sites for hydroxylation is 1. The molecule has 0 saturated carbocycles. The smallest absolute Gasteiger partial charge is 0.0603 e. The molecule has 2 rings (SSSR count). The molecule has 0 bridgehead atoms. The van der Waals surface area contributed by atoms with E-state index >= 15 is 0 Å². The van der Waals surface area contributed by atoms with Gasteiger partial charge >= 0.3 is 0 Å². The molecule has 0 unspecified atom stereocenters. The van der Waals surface area contributed by atoms with E-state index in [0.29, 0.717) is 0 Å². The second kappa shape index (κ2) is 5.91. The minimum Gasteiger partial charge on any atom is -0.397 e. The largest absolute Gasteiger partial charge is 0.397 e. The predicted molar refractivity (Wildman–Crippen MR) is 81.3 cm³/mol. The van der Waals surface area contributed by atoms with E-state index in [1.54, 1.807) is 0 Å². The minimum atomic E-state index is 0.853. The van der Waals surface area contributed by atoms with Gasteiger partial charge in [-0.25, -0.2) is 0 Å². The van der Waals surface area contributed by atoms with Crippen LogP contribution in [0.4, 0.5) is 11.4 Å². The van der Waals surface area contributed by atoms with Crippen molar-refractivity contribution in [2.24, 2.45) is 0 Å². The zero-order valence-corrected chi connectivity index (χ0v) is 11.8. The van der Waals surface area contributed by atoms with Crippen LogP contribution in [0.25, 0.3) is 0 Å². The van der Waals surface area contributed by atoms with Crippen molar-refractivity contribution >= 4 is 22.7 Å². The summed E-state index contributed by atoms with van der Waals surface area (Å²) < 4.78 is 0. The van der Waals surface area contributed by atoms with E-state index in [2.05, 4.69) is 36.9 Å². The number of anilines is 2. The van der Waals surface area contributed by atoms with Gasteiger partial charge in [0.05, 0.1) is 17.9 Å². The second-order valence-corrected chi connectivity index (χ2v) is 5.55. The van der Waals surface area contributed by atoms with Crippen LogP contribution in [0.15, 0.2) is 36.4 Å². The van der Waals surface area contributed by atoms with Gasteiger partial charge in [-0.1, -0.05) is 19.1 Å². The number of para-hydroxylation sites is 2. The summed E-state index contributed by atoms with van der Waals surface area (Å²) in [5.74, 6) is 0. The van der Waals surface area contributed by atoms with Gasteiger partial charge < -0.3 is 10.6 Å². The molecule has 2 aromatic rings. The third kappa shape index (κ3) is 2.85. The van der Waals surface area contributed by atoms with Crippen LogP contribution in [0.5, 0.6) is 0 Å². The fraction of sp³-hybridized carbons (Fsp3) is 0.333. The molecule has 1 heterocycles. The Morgan fingerprint density at radius 1 is 1.06 bits per heavy atom. The summed E-state index contributed by atoms with van der Waals surface area (Å²) in [6.07, 6.45) is 1.12. The lowest BCUT2D eigenvalue weighted by molar-refractivity contribution is 0.844. The maximum atomic E-state index is 6.04. The molecule has 0 spiro atoms. The molecular formula is C15H20N2S. The molecule has 0 atom stereocenters. The molecule has 0 aliphatic carbocycles. The number of benzene rings is 1. The van der Waals surface area contributed by atoms with Gasteiger partial charge in [0.1, 0.15) is 0 Å². The molecule has 0 aliphatic rings. The lowest BCUT2D eigenvalue weighted by Crippen LogP contribution is -2.22. The van der Waals surface area contributed by atoms with E-state index in [1.165, 1.54) is 9.75 Å². The SMILES string of the molecule is CCc1ccc(CN(CC)c2ccccc2N)s1. The lowest BCUT2D eigenvalue weighted by Gasteiger charge is -2.23. The molecule has 0 fully saturated rings. The Morgan fingerprint density at radius 3 is 2.39 bits per heavy atom. The van der Waals surface area contributed by atoms with Gasteiger partial charge in [0.2, 0.25) is 0 Å². The molecule has 0 aliphatic heterocycles. The van der Waals surface area contributed by atoms with Crippen molar-refractivity contribution in [1.29, 1.82) is 0 Å². The molecule has 2 N–H and O–H groups in total. The van der Waals surface area contributed by atoms with E-state index in [9.17, 15) is 0 Å². The van der Waals surface area contributed by atoms with Gasteiger partial charge in [-0.3, -0.25) is 0 Å². The predicted octanol–water partition coefficient (Wildman–Crippen LogP) is 3.92. The van der Waals surface area contributed by atoms with Gasteiger partial charge in [-0.05, 0) is 37.6 Å². The number of nitrogen functional groups attached to an aromatic ring is 1. The molecule has 0 saturated heterocycles. The zero-order valence-electron chi connectivity index (χ0n) is 11.0. The zero-order chi connectivity index (χ0) is 13.0. The average Bonchev–Trinajstić information content (AvgIpc) is 2.85. The Hall–Kier alpha value is -1.48. The van der Waals surface area contributed by atoms with E-state index in [0.717, 1.165) is 30.9 Å². The van der Waals surface area contributed by atoms with Gasteiger partial charge in [0.15, 0.2) is 0 Å². The molecule has 2 nitrogen and oxygen atoms in total. The maximum absolute atomic E-state index is 6.04. The van der Waals surface area contributed by atoms with Crippen LogP contribution in [0.1, 0.15) is 23.6 Å². The quantitative estimate of drug-likeness (QED) is 0.826. The summed E-state index contributed by atoms with van der Waals surface area (Å²) in [5, 5.41) is 0. The number of thiophene rings is 1. The van der Waals surface area contributed by atoms with Crippen molar-refractivity contribution < 1.29 is 0 Å². The number of nitrogens with two attached hydrogens (primary N) is 1. The average molecular weight is 260 g/mol. The van der Waals surface area contributed by atoms with Gasteiger partial charge in [-0.2, -0.15) is 0 Å². The number of nitrogens with zero attached hydrogens (tertiary/aromatic N) is 1. The van der Waals surface area contributed by atoms with Crippen molar-refractivity contribution in [2.45, 2.75) is 26.8 Å². The first kappa shape index (κ1) is 13.0. The Kier molecular flexibility index (Phi) is 4.26. The van der Waals surface area contributed by atoms with Crippen LogP contribution in [-0.2, 0) is 13.0 Å². The molecule has 0 amide bonds. The van der Waals surface area contributed by atoms with E-state index in [1.807, 2.05) is 29.5 Å². The molecule has 3 heteroatoms. The molecule has 0 radical (unpaired) electrons. The Labute approximate surface area is 113 Å². The van der Waals surface area contributed by atoms with E-state index in [-0.39, 0.29) is 0 Å². The van der Waals surface area contributed by atoms with Crippen LogP contribution < -0.4 is 10.6 Å². The van der Waals surface area contributed by atoms with Gasteiger partial charge in [0.25, 0.3) is 0 Å². The molecule has 18 heavy (non-hydrogen) atoms. The molecule has 1 aromatic heterocycles. The summed E-state index contributed by atoms with van der Waals surface area (Å²) in [7, 11) is 0. The van der Waals surface area contributed by atoms with Crippen molar-refractivity contribution in [3.05, 3.63) is 46.2 Å². The monoisotopic (exact) mass is 260 g/mol. The Bertz CT molecular complexity index is 505. The van der Waals surface area contributed by atoms with Crippen molar-refractivity contribution in [3.8, 4) is 0 Å². The van der Waals surface area contributed by atoms with Crippen molar-refractivity contribution in [2.75, 3.05) is 17.2 Å². The van der Waals surface area contributed by atoms with Gasteiger partial charge in [0, 0.05) is 16.3 Å². The summed E-state index contributed by atoms with van der Waals surface area (Å²) in [4.78, 5) is 5.17. The fourth-order valence-electron chi connectivity index (χ4n) is 2.03. The highest BCUT2D eigenvalue weighted by molar-refractivity contribution is 7.12. The first-order chi connectivity index (χ1) is 8.74. The standard InChI is InChI=1S/C15H20N2S/c1-3-12-9-10-13(18-12)11-17(4-2)15-8-6-5-7-14(15)16/h5-10H,3-4,11,16H2,1-2H3. The van der Waals surface area contributed by atoms with E-state index in [4.69, 9.17) is 5.73 Å². The van der Waals surface area contributed by atoms with Gasteiger partial charge in [-0.15, -0.1) is 11.3 Å². The van der Waals surface area contributed by atoms with Crippen molar-refractivity contribution in [3.63, 3.8) is 0 Å². The second-order valence-electron chi connectivity index (χ2n) is 4.29. The highest BCUT2D eigenvalue weighted by Crippen LogP contribution is 2.26. The lowest BCUT2D eigenvalue weighted by atomic mass is 10.2. The number of rotatable bonds is 5. The third-order valence-electron chi connectivity index (χ3n) is 3.07. The number of hydrogen-bond acceptors (Lipinski definition) is 3. The highest BCUT2D eigenvalue weighted by Gasteiger charge is 2.09. The molecule has 96 valence electrons. The summed E-state index contributed by atoms with van der Waals surface area (Å²) >= 11 is 1.89. The first-order valence-electron chi connectivity index (χ1n) is 6.41. The third-order valence-corrected chi connectivity index (χ3v) is 4.29. The van der Waals surface area contributed by atoms with Crippen LogP contribution >= 0.6 is 11.3 Å². The Morgan fingerprint density at radius 2 is 1.78 bits per heavy atom. The molecule has 1 aromatic carbocycles. The first-order valence-corrected chi connectivity index (χ1v) is 7.23. The normalized spacial score (nSPS) is 10.6. The topological polar surface area (TPSA) is 29.3 Å². The highest BCUT2D eigenvalue weighted by atomic mass is 32.1. The summed E-state index contributed by atoms with van der Waals surface area (Å²) in [6.45, 7) is 6.27. The maximum Gasteiger partial charge on any atom is 0.0603 e. The van der Waals surface area contributed by atoms with Crippen LogP contribution in [0, 0.1) is 0 Å². The number of hydrogen-bond donors (Lipinski definition) is 1.